The van der Waals surface area contributed by atoms with Crippen molar-refractivity contribution in [2.75, 3.05) is 13.1 Å². The standard InChI is InChI=1S/C15H19NO2/c1-2-14(12-7-4-3-5-8-12)15(18)16-10-6-9-13(17)11-16/h3-5,7-8,14H,2,6,9-11H2,1H3. The number of nitrogens with zero attached hydrogens (tertiary/aromatic N) is 1. The van der Waals surface area contributed by atoms with Crippen LogP contribution in [-0.4, -0.2) is 29.7 Å². The van der Waals surface area contributed by atoms with Crippen LogP contribution < -0.4 is 0 Å². The number of Topliss-reactive ketones (excluding diaryl/α,β-unsaturated/α-hetero) is 1. The maximum Gasteiger partial charge on any atom is 0.230 e. The third-order valence-corrected chi connectivity index (χ3v) is 3.47. The van der Waals surface area contributed by atoms with Crippen LogP contribution in [0.3, 0.4) is 0 Å². The molecule has 3 nitrogen and oxygen atoms in total. The van der Waals surface area contributed by atoms with Crippen LogP contribution in [0.1, 0.15) is 37.7 Å². The molecule has 0 saturated carbocycles. The van der Waals surface area contributed by atoms with Gasteiger partial charge in [-0.1, -0.05) is 37.3 Å². The van der Waals surface area contributed by atoms with E-state index in [2.05, 4.69) is 0 Å². The fourth-order valence-electron chi connectivity index (χ4n) is 2.48. The highest BCUT2D eigenvalue weighted by molar-refractivity contribution is 5.90. The van der Waals surface area contributed by atoms with E-state index in [0.717, 1.165) is 18.4 Å². The largest absolute Gasteiger partial charge is 0.335 e. The van der Waals surface area contributed by atoms with Gasteiger partial charge in [-0.05, 0) is 18.4 Å². The number of hydrogen-bond acceptors (Lipinski definition) is 2. The van der Waals surface area contributed by atoms with Gasteiger partial charge in [-0.15, -0.1) is 0 Å². The molecular formula is C15H19NO2. The maximum atomic E-state index is 12.4. The number of likely N-dealkylation sites (tertiary alicyclic amines) is 1. The Morgan fingerprint density at radius 2 is 2.06 bits per heavy atom. The molecule has 3 heteroatoms. The molecule has 1 aliphatic rings. The number of ketones is 1. The summed E-state index contributed by atoms with van der Waals surface area (Å²) in [5.41, 5.74) is 1.04. The predicted octanol–water partition coefficient (Wildman–Crippen LogP) is 2.37. The Kier molecular flexibility index (Phi) is 4.13. The number of amides is 1. The minimum absolute atomic E-state index is 0.0942. The van der Waals surface area contributed by atoms with E-state index in [1.165, 1.54) is 0 Å². The van der Waals surface area contributed by atoms with Crippen molar-refractivity contribution in [3.8, 4) is 0 Å². The molecule has 2 rings (SSSR count). The lowest BCUT2D eigenvalue weighted by Crippen LogP contribution is -2.42. The molecular weight excluding hydrogens is 226 g/mol. The zero-order valence-electron chi connectivity index (χ0n) is 10.8. The van der Waals surface area contributed by atoms with E-state index in [-0.39, 0.29) is 17.6 Å². The molecule has 1 saturated heterocycles. The molecule has 0 bridgehead atoms. The molecule has 1 atom stereocenters. The second-order valence-corrected chi connectivity index (χ2v) is 4.77. The normalized spacial score (nSPS) is 17.6. The quantitative estimate of drug-likeness (QED) is 0.820. The fourth-order valence-corrected chi connectivity index (χ4v) is 2.48. The van der Waals surface area contributed by atoms with E-state index < -0.39 is 0 Å². The van der Waals surface area contributed by atoms with Crippen LogP contribution in [0.2, 0.25) is 0 Å². The first-order valence-electron chi connectivity index (χ1n) is 6.57. The Labute approximate surface area is 108 Å². The van der Waals surface area contributed by atoms with Gasteiger partial charge in [-0.2, -0.15) is 0 Å². The number of benzene rings is 1. The van der Waals surface area contributed by atoms with E-state index in [1.54, 1.807) is 4.90 Å². The first kappa shape index (κ1) is 12.8. The summed E-state index contributed by atoms with van der Waals surface area (Å²) in [5, 5.41) is 0. The Morgan fingerprint density at radius 3 is 2.67 bits per heavy atom. The van der Waals surface area contributed by atoms with E-state index in [1.807, 2.05) is 37.3 Å². The van der Waals surface area contributed by atoms with Crippen LogP contribution in [-0.2, 0) is 9.59 Å². The molecule has 1 unspecified atom stereocenters. The number of rotatable bonds is 3. The maximum absolute atomic E-state index is 12.4. The Balaban J connectivity index is 2.13. The van der Waals surface area contributed by atoms with Gasteiger partial charge in [0.05, 0.1) is 12.5 Å². The van der Waals surface area contributed by atoms with Gasteiger partial charge < -0.3 is 4.90 Å². The third kappa shape index (κ3) is 2.78. The Hall–Kier alpha value is -1.64. The summed E-state index contributed by atoms with van der Waals surface area (Å²) >= 11 is 0. The molecule has 0 aromatic heterocycles. The zero-order chi connectivity index (χ0) is 13.0. The second-order valence-electron chi connectivity index (χ2n) is 4.77. The first-order valence-corrected chi connectivity index (χ1v) is 6.57. The lowest BCUT2D eigenvalue weighted by molar-refractivity contribution is -0.138. The molecule has 0 aliphatic carbocycles. The number of piperidine rings is 1. The molecule has 18 heavy (non-hydrogen) atoms. The monoisotopic (exact) mass is 245 g/mol. The number of carbonyl (C=O) groups is 2. The van der Waals surface area contributed by atoms with Crippen molar-refractivity contribution in [3.05, 3.63) is 35.9 Å². The molecule has 1 heterocycles. The lowest BCUT2D eigenvalue weighted by atomic mass is 9.94. The van der Waals surface area contributed by atoms with Gasteiger partial charge in [-0.3, -0.25) is 9.59 Å². The first-order chi connectivity index (χ1) is 8.72. The molecule has 1 aromatic rings. The molecule has 1 fully saturated rings. The minimum atomic E-state index is -0.114. The average Bonchev–Trinajstić information content (AvgIpc) is 2.41. The summed E-state index contributed by atoms with van der Waals surface area (Å²) in [7, 11) is 0. The fraction of sp³-hybridized carbons (Fsp3) is 0.467. The van der Waals surface area contributed by atoms with Crippen LogP contribution in [0.5, 0.6) is 0 Å². The van der Waals surface area contributed by atoms with E-state index >= 15 is 0 Å². The summed E-state index contributed by atoms with van der Waals surface area (Å²) in [6.45, 7) is 3.03. The topological polar surface area (TPSA) is 37.4 Å². The second kappa shape index (κ2) is 5.80. The summed E-state index contributed by atoms with van der Waals surface area (Å²) in [4.78, 5) is 25.6. The van der Waals surface area contributed by atoms with Gasteiger partial charge in [0.25, 0.3) is 0 Å². The van der Waals surface area contributed by atoms with Crippen molar-refractivity contribution >= 4 is 11.7 Å². The molecule has 0 spiro atoms. The molecule has 1 aromatic carbocycles. The van der Waals surface area contributed by atoms with Gasteiger partial charge in [0.2, 0.25) is 5.91 Å². The van der Waals surface area contributed by atoms with Crippen LogP contribution in [0.15, 0.2) is 30.3 Å². The Bertz CT molecular complexity index is 427. The highest BCUT2D eigenvalue weighted by atomic mass is 16.2. The molecule has 1 aliphatic heterocycles. The SMILES string of the molecule is CCC(C(=O)N1CCCC(=O)C1)c1ccccc1. The van der Waals surface area contributed by atoms with Crippen LogP contribution in [0.25, 0.3) is 0 Å². The average molecular weight is 245 g/mol. The predicted molar refractivity (Wildman–Crippen MR) is 70.3 cm³/mol. The summed E-state index contributed by atoms with van der Waals surface area (Å²) in [6, 6.07) is 9.82. The van der Waals surface area contributed by atoms with Gasteiger partial charge in [0.1, 0.15) is 0 Å². The van der Waals surface area contributed by atoms with E-state index in [4.69, 9.17) is 0 Å². The summed E-state index contributed by atoms with van der Waals surface area (Å²) in [5.74, 6) is 0.159. The smallest absolute Gasteiger partial charge is 0.230 e. The van der Waals surface area contributed by atoms with Gasteiger partial charge in [-0.25, -0.2) is 0 Å². The van der Waals surface area contributed by atoms with Crippen molar-refractivity contribution in [2.45, 2.75) is 32.1 Å². The van der Waals surface area contributed by atoms with E-state index in [9.17, 15) is 9.59 Å². The zero-order valence-corrected chi connectivity index (χ0v) is 10.8. The highest BCUT2D eigenvalue weighted by Gasteiger charge is 2.27. The number of carbonyl (C=O) groups excluding carboxylic acids is 2. The van der Waals surface area contributed by atoms with Crippen molar-refractivity contribution < 1.29 is 9.59 Å². The molecule has 96 valence electrons. The lowest BCUT2D eigenvalue weighted by Gasteiger charge is -2.29. The van der Waals surface area contributed by atoms with Gasteiger partial charge in [0, 0.05) is 13.0 Å². The van der Waals surface area contributed by atoms with Crippen LogP contribution >= 0.6 is 0 Å². The summed E-state index contributed by atoms with van der Waals surface area (Å²) in [6.07, 6.45) is 2.19. The number of hydrogen-bond donors (Lipinski definition) is 0. The Morgan fingerprint density at radius 1 is 1.33 bits per heavy atom. The van der Waals surface area contributed by atoms with Crippen LogP contribution in [0, 0.1) is 0 Å². The molecule has 1 amide bonds. The third-order valence-electron chi connectivity index (χ3n) is 3.47. The van der Waals surface area contributed by atoms with Gasteiger partial charge >= 0.3 is 0 Å². The molecule has 0 N–H and O–H groups in total. The minimum Gasteiger partial charge on any atom is -0.335 e. The van der Waals surface area contributed by atoms with Crippen molar-refractivity contribution in [1.82, 2.24) is 4.90 Å². The summed E-state index contributed by atoms with van der Waals surface area (Å²) < 4.78 is 0. The molecule has 0 radical (unpaired) electrons. The van der Waals surface area contributed by atoms with Crippen molar-refractivity contribution in [3.63, 3.8) is 0 Å². The van der Waals surface area contributed by atoms with Crippen LogP contribution in [0.4, 0.5) is 0 Å². The van der Waals surface area contributed by atoms with E-state index in [0.29, 0.717) is 19.5 Å². The van der Waals surface area contributed by atoms with Crippen molar-refractivity contribution in [2.24, 2.45) is 0 Å². The van der Waals surface area contributed by atoms with Crippen molar-refractivity contribution in [1.29, 1.82) is 0 Å². The van der Waals surface area contributed by atoms with Gasteiger partial charge in [0.15, 0.2) is 5.78 Å². The highest BCUT2D eigenvalue weighted by Crippen LogP contribution is 2.23.